The van der Waals surface area contributed by atoms with E-state index in [9.17, 15) is 0 Å². The third-order valence-corrected chi connectivity index (χ3v) is 5.02. The zero-order chi connectivity index (χ0) is 19.9. The zero-order valence-corrected chi connectivity index (χ0v) is 20.0. The number of likely N-dealkylation sites (tertiary alicyclic amines) is 1. The molecule has 0 aliphatic carbocycles. The fourth-order valence-electron chi connectivity index (χ4n) is 3.64. The van der Waals surface area contributed by atoms with Gasteiger partial charge in [0, 0.05) is 33.4 Å². The lowest BCUT2D eigenvalue weighted by Gasteiger charge is -2.24. The summed E-state index contributed by atoms with van der Waals surface area (Å²) in [5.74, 6) is 3.07. The molecule has 1 saturated heterocycles. The van der Waals surface area contributed by atoms with Crippen LogP contribution >= 0.6 is 24.0 Å². The van der Waals surface area contributed by atoms with Crippen LogP contribution in [0, 0.1) is 5.92 Å². The first kappa shape index (κ1) is 23.3. The van der Waals surface area contributed by atoms with Gasteiger partial charge in [0.2, 0.25) is 0 Å². The predicted molar refractivity (Wildman–Crippen MR) is 126 cm³/mol. The standard InChI is InChI=1S/C21H31N5O2.HI/c1-16(28-20-8-6-5-7-19(20)27-4)12-23-21(22-2)26-10-9-17(15-26)11-18-13-24-25(3)14-18;/h5-8,13-14,16-17H,9-12,15H2,1-4H3,(H,22,23);1H. The average molecular weight is 513 g/mol. The summed E-state index contributed by atoms with van der Waals surface area (Å²) >= 11 is 0. The van der Waals surface area contributed by atoms with Crippen LogP contribution in [0.1, 0.15) is 18.9 Å². The summed E-state index contributed by atoms with van der Waals surface area (Å²) in [7, 11) is 5.45. The van der Waals surface area contributed by atoms with Crippen LogP contribution in [0.15, 0.2) is 41.7 Å². The van der Waals surface area contributed by atoms with Crippen LogP contribution in [-0.2, 0) is 13.5 Å². The fourth-order valence-corrected chi connectivity index (χ4v) is 3.64. The van der Waals surface area contributed by atoms with E-state index in [0.717, 1.165) is 37.0 Å². The topological polar surface area (TPSA) is 63.9 Å². The minimum absolute atomic E-state index is 0. The molecule has 0 radical (unpaired) electrons. The van der Waals surface area contributed by atoms with Crippen molar-refractivity contribution < 1.29 is 9.47 Å². The van der Waals surface area contributed by atoms with Crippen molar-refractivity contribution in [2.24, 2.45) is 18.0 Å². The number of nitrogens with one attached hydrogen (secondary N) is 1. The highest BCUT2D eigenvalue weighted by Crippen LogP contribution is 2.26. The largest absolute Gasteiger partial charge is 0.493 e. The molecule has 8 heteroatoms. The maximum absolute atomic E-state index is 6.03. The van der Waals surface area contributed by atoms with E-state index in [1.807, 2.05) is 56.2 Å². The van der Waals surface area contributed by atoms with E-state index in [1.165, 1.54) is 12.0 Å². The van der Waals surface area contributed by atoms with Gasteiger partial charge in [-0.25, -0.2) is 0 Å². The highest BCUT2D eigenvalue weighted by Gasteiger charge is 2.25. The number of halogens is 1. The van der Waals surface area contributed by atoms with E-state index >= 15 is 0 Å². The molecule has 1 aliphatic rings. The van der Waals surface area contributed by atoms with Crippen LogP contribution in [0.4, 0.5) is 0 Å². The number of para-hydroxylation sites is 2. The van der Waals surface area contributed by atoms with Crippen molar-refractivity contribution in [3.63, 3.8) is 0 Å². The highest BCUT2D eigenvalue weighted by molar-refractivity contribution is 14.0. The molecule has 0 bridgehead atoms. The van der Waals surface area contributed by atoms with Crippen molar-refractivity contribution in [1.29, 1.82) is 0 Å². The molecule has 1 aromatic heterocycles. The van der Waals surface area contributed by atoms with Gasteiger partial charge in [0.15, 0.2) is 17.5 Å². The summed E-state index contributed by atoms with van der Waals surface area (Å²) in [6.07, 6.45) is 6.29. The molecule has 3 rings (SSSR count). The van der Waals surface area contributed by atoms with Gasteiger partial charge in [-0.1, -0.05) is 12.1 Å². The molecule has 0 amide bonds. The van der Waals surface area contributed by atoms with E-state index in [1.54, 1.807) is 7.11 Å². The number of hydrogen-bond donors (Lipinski definition) is 1. The molecule has 2 aromatic rings. The Labute approximate surface area is 190 Å². The first-order valence-corrected chi connectivity index (χ1v) is 9.81. The van der Waals surface area contributed by atoms with E-state index in [-0.39, 0.29) is 30.1 Å². The molecule has 2 unspecified atom stereocenters. The van der Waals surface area contributed by atoms with Gasteiger partial charge >= 0.3 is 0 Å². The van der Waals surface area contributed by atoms with Crippen molar-refractivity contribution in [3.05, 3.63) is 42.2 Å². The number of aromatic nitrogens is 2. The molecule has 1 aliphatic heterocycles. The number of aryl methyl sites for hydroxylation is 1. The Morgan fingerprint density at radius 2 is 2.10 bits per heavy atom. The molecule has 29 heavy (non-hydrogen) atoms. The summed E-state index contributed by atoms with van der Waals surface area (Å²) in [5.41, 5.74) is 1.30. The maximum atomic E-state index is 6.03. The molecule has 2 atom stereocenters. The van der Waals surface area contributed by atoms with Crippen molar-refractivity contribution in [2.45, 2.75) is 25.9 Å². The first-order valence-electron chi connectivity index (χ1n) is 9.81. The number of aliphatic imine (C=N–C) groups is 1. The van der Waals surface area contributed by atoms with Crippen molar-refractivity contribution in [3.8, 4) is 11.5 Å². The first-order chi connectivity index (χ1) is 13.6. The highest BCUT2D eigenvalue weighted by atomic mass is 127. The third-order valence-electron chi connectivity index (χ3n) is 5.02. The van der Waals surface area contributed by atoms with Gasteiger partial charge in [-0.2, -0.15) is 5.10 Å². The Bertz CT molecular complexity index is 795. The summed E-state index contributed by atoms with van der Waals surface area (Å²) in [5, 5.41) is 7.72. The van der Waals surface area contributed by atoms with Crippen LogP contribution in [0.5, 0.6) is 11.5 Å². The second kappa shape index (κ2) is 11.3. The minimum Gasteiger partial charge on any atom is -0.493 e. The lowest BCUT2D eigenvalue weighted by molar-refractivity contribution is 0.212. The number of benzene rings is 1. The Kier molecular flexibility index (Phi) is 9.06. The van der Waals surface area contributed by atoms with E-state index in [0.29, 0.717) is 12.5 Å². The number of hydrogen-bond acceptors (Lipinski definition) is 4. The third kappa shape index (κ3) is 6.52. The Balaban J connectivity index is 0.00000300. The predicted octanol–water partition coefficient (Wildman–Crippen LogP) is 2.95. The molecule has 160 valence electrons. The van der Waals surface area contributed by atoms with Crippen LogP contribution in [0.2, 0.25) is 0 Å². The number of rotatable bonds is 7. The van der Waals surface area contributed by atoms with Gasteiger partial charge in [-0.05, 0) is 43.4 Å². The lowest BCUT2D eigenvalue weighted by Crippen LogP contribution is -2.43. The van der Waals surface area contributed by atoms with Crippen molar-refractivity contribution >= 4 is 29.9 Å². The van der Waals surface area contributed by atoms with Gasteiger partial charge in [0.25, 0.3) is 0 Å². The van der Waals surface area contributed by atoms with E-state index < -0.39 is 0 Å². The average Bonchev–Trinajstić information content (AvgIpc) is 3.32. The van der Waals surface area contributed by atoms with E-state index in [2.05, 4.69) is 26.5 Å². The summed E-state index contributed by atoms with van der Waals surface area (Å²) in [4.78, 5) is 6.79. The van der Waals surface area contributed by atoms with Crippen molar-refractivity contribution in [2.75, 3.05) is 33.8 Å². The Morgan fingerprint density at radius 1 is 1.34 bits per heavy atom. The van der Waals surface area contributed by atoms with Gasteiger partial charge in [-0.3, -0.25) is 9.67 Å². The fraction of sp³-hybridized carbons (Fsp3) is 0.524. The summed E-state index contributed by atoms with van der Waals surface area (Å²) < 4.78 is 13.2. The van der Waals surface area contributed by atoms with Crippen LogP contribution < -0.4 is 14.8 Å². The lowest BCUT2D eigenvalue weighted by atomic mass is 10.0. The second-order valence-corrected chi connectivity index (χ2v) is 7.33. The Morgan fingerprint density at radius 3 is 2.76 bits per heavy atom. The second-order valence-electron chi connectivity index (χ2n) is 7.33. The smallest absolute Gasteiger partial charge is 0.193 e. The molecular formula is C21H32IN5O2. The van der Waals surface area contributed by atoms with Gasteiger partial charge in [0.1, 0.15) is 6.10 Å². The molecule has 2 heterocycles. The molecule has 0 spiro atoms. The number of methoxy groups -OCH3 is 1. The quantitative estimate of drug-likeness (QED) is 0.351. The van der Waals surface area contributed by atoms with Crippen molar-refractivity contribution in [1.82, 2.24) is 20.0 Å². The monoisotopic (exact) mass is 513 g/mol. The van der Waals surface area contributed by atoms with Gasteiger partial charge < -0.3 is 19.7 Å². The Hall–Kier alpha value is -1.97. The summed E-state index contributed by atoms with van der Waals surface area (Å²) in [6, 6.07) is 7.71. The molecule has 1 N–H and O–H groups in total. The number of nitrogens with zero attached hydrogens (tertiary/aromatic N) is 4. The minimum atomic E-state index is -0.0122. The van der Waals surface area contributed by atoms with Crippen LogP contribution in [0.25, 0.3) is 0 Å². The summed E-state index contributed by atoms with van der Waals surface area (Å²) in [6.45, 7) is 4.75. The zero-order valence-electron chi connectivity index (χ0n) is 17.7. The molecular weight excluding hydrogens is 481 g/mol. The van der Waals surface area contributed by atoms with E-state index in [4.69, 9.17) is 9.47 Å². The van der Waals surface area contributed by atoms with Crippen LogP contribution in [-0.4, -0.2) is 60.5 Å². The van der Waals surface area contributed by atoms with Gasteiger partial charge in [-0.15, -0.1) is 24.0 Å². The molecule has 1 fully saturated rings. The number of guanidine groups is 1. The SMILES string of the molecule is CN=C(NCC(C)Oc1ccccc1OC)N1CCC(Cc2cnn(C)c2)C1.I. The van der Waals surface area contributed by atoms with Crippen LogP contribution in [0.3, 0.4) is 0 Å². The normalized spacial score (nSPS) is 17.6. The molecule has 7 nitrogen and oxygen atoms in total. The maximum Gasteiger partial charge on any atom is 0.193 e. The molecule has 1 aromatic carbocycles. The molecule has 0 saturated carbocycles. The van der Waals surface area contributed by atoms with Gasteiger partial charge in [0.05, 0.1) is 19.9 Å². The number of ether oxygens (including phenoxy) is 2.